The van der Waals surface area contributed by atoms with E-state index in [9.17, 15) is 5.11 Å². The first-order valence-electron chi connectivity index (χ1n) is 3.47. The van der Waals surface area contributed by atoms with E-state index in [1.807, 2.05) is 12.1 Å². The molecule has 1 nitrogen and oxygen atoms in total. The van der Waals surface area contributed by atoms with Gasteiger partial charge in [0.05, 0.1) is 0 Å². The molecule has 0 aliphatic heterocycles. The third-order valence-electron chi connectivity index (χ3n) is 1.55. The number of hydrogen-bond donors (Lipinski definition) is 0. The quantitative estimate of drug-likeness (QED) is 0.475. The van der Waals surface area contributed by atoms with Crippen LogP contribution in [0, 0.1) is 0 Å². The van der Waals surface area contributed by atoms with Gasteiger partial charge in [0.1, 0.15) is 0 Å². The van der Waals surface area contributed by atoms with Crippen LogP contribution in [0.25, 0.3) is 0 Å². The topological polar surface area (TPSA) is 23.1 Å². The third kappa shape index (κ3) is 3.28. The van der Waals surface area contributed by atoms with Crippen molar-refractivity contribution >= 4 is 0 Å². The van der Waals surface area contributed by atoms with Gasteiger partial charge in [-0.2, -0.15) is 0 Å². The van der Waals surface area contributed by atoms with Gasteiger partial charge in [-0.25, -0.2) is 0 Å². The van der Waals surface area contributed by atoms with Crippen molar-refractivity contribution < 1.29 is 34.7 Å². The molecule has 0 aliphatic carbocycles. The van der Waals surface area contributed by atoms with Crippen molar-refractivity contribution in [2.45, 2.75) is 19.8 Å². The summed E-state index contributed by atoms with van der Waals surface area (Å²) in [7, 11) is 0. The van der Waals surface area contributed by atoms with Crippen LogP contribution in [0.15, 0.2) is 24.3 Å². The molecule has 0 amide bonds. The Hall–Kier alpha value is 0.0200. The second-order valence-electron chi connectivity index (χ2n) is 2.72. The Kier molecular flexibility index (Phi) is 4.82. The van der Waals surface area contributed by atoms with E-state index in [4.69, 9.17) is 0 Å². The molecule has 1 aromatic carbocycles. The Morgan fingerprint density at radius 1 is 1.09 bits per heavy atom. The Morgan fingerprint density at radius 2 is 1.55 bits per heavy atom. The van der Waals surface area contributed by atoms with E-state index in [0.717, 1.165) is 0 Å². The van der Waals surface area contributed by atoms with Gasteiger partial charge in [0.25, 0.3) is 0 Å². The van der Waals surface area contributed by atoms with Gasteiger partial charge >= 0.3 is 29.6 Å². The molecule has 11 heavy (non-hydrogen) atoms. The molecule has 0 N–H and O–H groups in total. The monoisotopic (exact) mass is 158 g/mol. The van der Waals surface area contributed by atoms with Crippen molar-refractivity contribution in [1.82, 2.24) is 0 Å². The fourth-order valence-corrected chi connectivity index (χ4v) is 0.853. The van der Waals surface area contributed by atoms with E-state index < -0.39 is 0 Å². The van der Waals surface area contributed by atoms with E-state index in [-0.39, 0.29) is 35.3 Å². The predicted molar refractivity (Wildman–Crippen MR) is 40.0 cm³/mol. The van der Waals surface area contributed by atoms with Crippen molar-refractivity contribution in [3.05, 3.63) is 29.8 Å². The SMILES string of the molecule is CC(C)c1ccc([O-])cc1.[Na+]. The summed E-state index contributed by atoms with van der Waals surface area (Å²) in [6.07, 6.45) is 0. The Morgan fingerprint density at radius 3 is 1.91 bits per heavy atom. The van der Waals surface area contributed by atoms with Crippen LogP contribution >= 0.6 is 0 Å². The molecule has 0 spiro atoms. The first-order valence-corrected chi connectivity index (χ1v) is 3.47. The number of rotatable bonds is 1. The minimum absolute atomic E-state index is 0. The number of benzene rings is 1. The first kappa shape index (κ1) is 11.0. The van der Waals surface area contributed by atoms with Crippen LogP contribution in [0.3, 0.4) is 0 Å². The Bertz CT molecular complexity index is 203. The van der Waals surface area contributed by atoms with Crippen LogP contribution in [0.2, 0.25) is 0 Å². The largest absolute Gasteiger partial charge is 1.00 e. The van der Waals surface area contributed by atoms with Crippen LogP contribution in [-0.4, -0.2) is 0 Å². The minimum atomic E-state index is 0. The van der Waals surface area contributed by atoms with Crippen LogP contribution in [-0.2, 0) is 0 Å². The summed E-state index contributed by atoms with van der Waals surface area (Å²) in [5.41, 5.74) is 1.22. The smallest absolute Gasteiger partial charge is 0.872 e. The Labute approximate surface area is 89.7 Å². The molecule has 54 valence electrons. The molecule has 0 saturated carbocycles. The zero-order chi connectivity index (χ0) is 7.56. The normalized spacial score (nSPS) is 9.36. The third-order valence-corrected chi connectivity index (χ3v) is 1.55. The van der Waals surface area contributed by atoms with Crippen LogP contribution < -0.4 is 34.7 Å². The molecule has 1 aromatic rings. The zero-order valence-electron chi connectivity index (χ0n) is 7.29. The number of hydrogen-bond acceptors (Lipinski definition) is 1. The molecule has 0 aromatic heterocycles. The van der Waals surface area contributed by atoms with E-state index >= 15 is 0 Å². The maximum atomic E-state index is 10.6. The molecule has 1 rings (SSSR count). The second kappa shape index (κ2) is 4.81. The van der Waals surface area contributed by atoms with E-state index in [0.29, 0.717) is 5.92 Å². The summed E-state index contributed by atoms with van der Waals surface area (Å²) in [6.45, 7) is 4.22. The van der Waals surface area contributed by atoms with Crippen molar-refractivity contribution in [1.29, 1.82) is 0 Å². The van der Waals surface area contributed by atoms with Gasteiger partial charge in [-0.15, -0.1) is 5.75 Å². The standard InChI is InChI=1S/C9H12O.Na/c1-7(2)8-3-5-9(10)6-4-8;/h3-7,10H,1-2H3;/q;+1/p-1. The molecule has 2 heteroatoms. The minimum Gasteiger partial charge on any atom is -0.872 e. The molecular weight excluding hydrogens is 147 g/mol. The molecule has 0 bridgehead atoms. The molecule has 0 fully saturated rings. The Balaban J connectivity index is 0.000001000. The first-order chi connectivity index (χ1) is 4.70. The van der Waals surface area contributed by atoms with Gasteiger partial charge in [0.15, 0.2) is 0 Å². The van der Waals surface area contributed by atoms with Crippen LogP contribution in [0.1, 0.15) is 25.3 Å². The molecule has 0 atom stereocenters. The van der Waals surface area contributed by atoms with Crippen molar-refractivity contribution in [2.75, 3.05) is 0 Å². The van der Waals surface area contributed by atoms with Gasteiger partial charge in [-0.3, -0.25) is 0 Å². The maximum absolute atomic E-state index is 10.6. The van der Waals surface area contributed by atoms with Gasteiger partial charge in [-0.05, 0) is 11.5 Å². The summed E-state index contributed by atoms with van der Waals surface area (Å²) >= 11 is 0. The zero-order valence-corrected chi connectivity index (χ0v) is 9.29. The maximum Gasteiger partial charge on any atom is 1.00 e. The van der Waals surface area contributed by atoms with E-state index in [1.165, 1.54) is 5.56 Å². The average Bonchev–Trinajstić information content (AvgIpc) is 1.88. The van der Waals surface area contributed by atoms with Gasteiger partial charge in [0, 0.05) is 0 Å². The molecule has 0 saturated heterocycles. The summed E-state index contributed by atoms with van der Waals surface area (Å²) in [4.78, 5) is 0. The van der Waals surface area contributed by atoms with Gasteiger partial charge in [-0.1, -0.05) is 38.1 Å². The summed E-state index contributed by atoms with van der Waals surface area (Å²) in [6, 6.07) is 6.98. The summed E-state index contributed by atoms with van der Waals surface area (Å²) < 4.78 is 0. The van der Waals surface area contributed by atoms with Gasteiger partial charge in [0.2, 0.25) is 0 Å². The summed E-state index contributed by atoms with van der Waals surface area (Å²) in [5.74, 6) is 0.602. The fourth-order valence-electron chi connectivity index (χ4n) is 0.853. The van der Waals surface area contributed by atoms with Crippen molar-refractivity contribution in [2.24, 2.45) is 0 Å². The van der Waals surface area contributed by atoms with Crippen LogP contribution in [0.5, 0.6) is 5.75 Å². The molecular formula is C9H11NaO. The molecule has 0 aliphatic rings. The van der Waals surface area contributed by atoms with Crippen molar-refractivity contribution in [3.8, 4) is 5.75 Å². The average molecular weight is 158 g/mol. The summed E-state index contributed by atoms with van der Waals surface area (Å²) in [5, 5.41) is 10.6. The van der Waals surface area contributed by atoms with Crippen molar-refractivity contribution in [3.63, 3.8) is 0 Å². The predicted octanol–water partition coefficient (Wildman–Crippen LogP) is -1.11. The molecule has 0 unspecified atom stereocenters. The van der Waals surface area contributed by atoms with E-state index in [1.54, 1.807) is 12.1 Å². The van der Waals surface area contributed by atoms with Gasteiger partial charge < -0.3 is 5.11 Å². The molecule has 0 heterocycles. The van der Waals surface area contributed by atoms with E-state index in [2.05, 4.69) is 13.8 Å². The second-order valence-corrected chi connectivity index (χ2v) is 2.72. The fraction of sp³-hybridized carbons (Fsp3) is 0.333. The van der Waals surface area contributed by atoms with Crippen LogP contribution in [0.4, 0.5) is 0 Å². The molecule has 0 radical (unpaired) electrons.